The maximum Gasteiger partial charge on any atom is 0.338 e. The number of amides is 3. The number of esters is 17. The Kier molecular flexibility index (Phi) is 61.8. The molecule has 3 fully saturated rings. The first kappa shape index (κ1) is 117. The maximum absolute atomic E-state index is 11.6. The number of likely N-dealkylation sites (tertiary alicyclic amines) is 1. The van der Waals surface area contributed by atoms with Crippen molar-refractivity contribution in [3.8, 4) is 0 Å². The number of ketones is 2. The Morgan fingerprint density at radius 3 is 1.12 bits per heavy atom. The summed E-state index contributed by atoms with van der Waals surface area (Å²) in [5, 5.41) is 66.3. The fourth-order valence-corrected chi connectivity index (χ4v) is 8.69. The van der Waals surface area contributed by atoms with Gasteiger partial charge in [0.2, 0.25) is 11.8 Å². The third kappa shape index (κ3) is 58.7. The number of aromatic nitrogens is 2. The number of hydrogen-bond acceptors (Lipinski definition) is 48. The van der Waals surface area contributed by atoms with Crippen molar-refractivity contribution < 1.29 is 217 Å². The predicted octanol–water partition coefficient (Wildman–Crippen LogP) is -6.61. The van der Waals surface area contributed by atoms with Crippen LogP contribution in [0.25, 0.3) is 0 Å². The van der Waals surface area contributed by atoms with E-state index in [1.165, 1.54) is 39.5 Å². The van der Waals surface area contributed by atoms with Gasteiger partial charge in [-0.1, -0.05) is 13.0 Å². The second-order valence-electron chi connectivity index (χ2n) is 25.9. The molecule has 0 radical (unpaired) electrons. The Labute approximate surface area is 751 Å². The third-order valence-electron chi connectivity index (χ3n) is 15.7. The van der Waals surface area contributed by atoms with E-state index in [4.69, 9.17) is 24.1 Å². The van der Waals surface area contributed by atoms with Crippen LogP contribution in [0.1, 0.15) is 64.7 Å². The van der Waals surface area contributed by atoms with Crippen molar-refractivity contribution in [3.05, 3.63) is 116 Å². The molecule has 730 valence electrons. The van der Waals surface area contributed by atoms with Crippen molar-refractivity contribution in [2.75, 3.05) is 135 Å². The summed E-state index contributed by atoms with van der Waals surface area (Å²) in [6.07, 6.45) is 13.3. The zero-order valence-electron chi connectivity index (χ0n) is 72.5. The zero-order valence-corrected chi connectivity index (χ0v) is 72.5. The number of hydrogen-bond donors (Lipinski definition) is 10. The summed E-state index contributed by atoms with van der Waals surface area (Å²) in [7, 11) is 6.89. The van der Waals surface area contributed by atoms with Gasteiger partial charge in [-0.3, -0.25) is 24.0 Å². The number of carbonyl (C=O) groups is 22. The van der Waals surface area contributed by atoms with Crippen LogP contribution >= 0.6 is 0 Å². The number of piperidine rings is 1. The lowest BCUT2D eigenvalue weighted by Crippen LogP contribution is -2.37. The van der Waals surface area contributed by atoms with Gasteiger partial charge in [0.1, 0.15) is 77.4 Å². The van der Waals surface area contributed by atoms with Gasteiger partial charge in [-0.05, 0) is 65.1 Å². The molecule has 52 heteroatoms. The first-order chi connectivity index (χ1) is 62.6. The van der Waals surface area contributed by atoms with Gasteiger partial charge in [-0.2, -0.15) is 0 Å². The molecule has 5 heterocycles. The van der Waals surface area contributed by atoms with Crippen LogP contribution in [0.5, 0.6) is 0 Å². The summed E-state index contributed by atoms with van der Waals surface area (Å²) in [6, 6.07) is -1.21. The number of nitrogens with one attached hydrogen (secondary N) is 4. The Bertz CT molecular complexity index is 4250. The summed E-state index contributed by atoms with van der Waals surface area (Å²) in [6.45, 7) is 4.48. The molecule has 132 heavy (non-hydrogen) atoms. The lowest BCUT2D eigenvalue weighted by atomic mass is 10.1. The van der Waals surface area contributed by atoms with Crippen LogP contribution in [0.3, 0.4) is 0 Å². The number of aliphatic hydroxyl groups is 6. The second kappa shape index (κ2) is 69.4. The minimum atomic E-state index is -1.77. The second-order valence-corrected chi connectivity index (χ2v) is 25.9. The molecular weight excluding hydrogens is 1780 g/mol. The first-order valence-electron chi connectivity index (χ1n) is 38.8. The molecular formula is C80H105N7O45. The number of methoxy groups -OCH3 is 6. The Morgan fingerprint density at radius 2 is 0.788 bits per heavy atom. The van der Waals surface area contributed by atoms with Gasteiger partial charge in [-0.25, -0.2) is 86.5 Å². The number of Topliss-reactive ketones (excluding diaryl/α,β-unsaturated/α-hetero) is 2. The van der Waals surface area contributed by atoms with E-state index < -0.39 is 220 Å². The molecule has 10 N–H and O–H groups in total. The highest BCUT2D eigenvalue weighted by Gasteiger charge is 2.33. The van der Waals surface area contributed by atoms with Crippen LogP contribution < -0.4 is 21.3 Å². The number of unbranched alkanes of at least 4 members (excludes halogenated alkanes) is 1. The van der Waals surface area contributed by atoms with Crippen molar-refractivity contribution in [2.45, 2.75) is 120 Å². The Balaban J connectivity index is 0.00000157. The molecule has 3 amide bonds. The topological polar surface area (TPSA) is 723 Å². The monoisotopic (exact) mass is 1880 g/mol. The SMILES string of the molecule is C=C1NC=C(COC(=O)C(O)COC(=O)/C=C/C(=O)OC)C(=O)N1.COC(=O)/C=C/C(=O)OCC(O)C(=O)OCC1CCC(=O)N1.COC(=O)/C=C/C(=O)OCC(O)C(=O)OCC1NC(=O)CC1=O.COC(=O)/C=C/C(=O)OCC(O)C(=O)OCCCCN1CCCCC1.COC(=O)/C=C/C(=O)OCC(O)C(=O)OCCCn1ccnc1.COC(=O)/C=C/C(=O)OCC(O)C(C)=O. The molecule has 0 spiro atoms. The number of rotatable bonds is 45. The highest BCUT2D eigenvalue weighted by molar-refractivity contribution is 6.07. The van der Waals surface area contributed by atoms with E-state index in [1.807, 2.05) is 4.57 Å². The van der Waals surface area contributed by atoms with Crippen molar-refractivity contribution in [3.63, 3.8) is 0 Å². The molecule has 8 atom stereocenters. The number of nitrogens with zero attached hydrogens (tertiary/aromatic N) is 3. The van der Waals surface area contributed by atoms with Crippen molar-refractivity contribution >= 4 is 131 Å². The lowest BCUT2D eigenvalue weighted by Gasteiger charge is -2.26. The van der Waals surface area contributed by atoms with Gasteiger partial charge in [0.15, 0.2) is 42.1 Å². The normalized spacial score (nSPS) is 15.6. The van der Waals surface area contributed by atoms with Crippen LogP contribution in [-0.2, 0) is 193 Å². The molecule has 8 unspecified atom stereocenters. The van der Waals surface area contributed by atoms with Crippen LogP contribution in [0.15, 0.2) is 116 Å². The summed E-state index contributed by atoms with van der Waals surface area (Å²) >= 11 is 0. The van der Waals surface area contributed by atoms with Crippen molar-refractivity contribution in [1.29, 1.82) is 0 Å². The summed E-state index contributed by atoms with van der Waals surface area (Å²) in [4.78, 5) is 250. The number of carbonyl (C=O) groups excluding carboxylic acids is 22. The largest absolute Gasteiger partial charge is 0.466 e. The van der Waals surface area contributed by atoms with Crippen LogP contribution in [-0.4, -0.2) is 360 Å². The highest BCUT2D eigenvalue weighted by Crippen LogP contribution is 2.12. The van der Waals surface area contributed by atoms with E-state index in [2.05, 4.69) is 99.3 Å². The van der Waals surface area contributed by atoms with Gasteiger partial charge < -0.3 is 142 Å². The minimum Gasteiger partial charge on any atom is -0.466 e. The molecule has 0 saturated carbocycles. The van der Waals surface area contributed by atoms with E-state index in [0.29, 0.717) is 25.8 Å². The Morgan fingerprint density at radius 1 is 0.432 bits per heavy atom. The number of ether oxygens (including phenoxy) is 17. The average molecular weight is 1880 g/mol. The van der Waals surface area contributed by atoms with Crippen LogP contribution in [0.2, 0.25) is 0 Å². The number of aryl methyl sites for hydroxylation is 1. The molecule has 1 aromatic heterocycles. The molecule has 3 saturated heterocycles. The predicted molar refractivity (Wildman–Crippen MR) is 432 cm³/mol. The quantitative estimate of drug-likeness (QED) is 0.00954. The van der Waals surface area contributed by atoms with Gasteiger partial charge in [0, 0.05) is 104 Å². The standard InChI is InChI=1S/C17H27NO7.C14H16N2O8.C14H18N2O7.C13H15NO9.C13H17NO8.C9H12O6/c1-23-15(20)7-8-16(21)25-13-14(19)17(22)24-12-6-5-11-18-9-3-2-4-10-18;1-8-15-5-9(13(20)16-8)6-24-14(21)10(17)7-23-12(19)4-3-11(18)22-2;1-21-12(18)3-4-13(19)23-9-11(17)14(20)22-8-2-6-16-7-5-15-10-16;1-21-11(18)2-3-12(19)22-6-9(16)13(20)23-5-7-8(15)4-10(17)14-7;1-20-11(17)4-5-12(18)21-7-9(15)13(19)22-6-8-2-3-10(16)14-8;1-6(10)7(11)5-15-9(13)4-3-8(12)14-2/h7-8,14,19H,2-6,9-13H2,1H3;3-5,10,15,17H,1,6-7H2,2H3,(H,16,20);3-5,7,10-11,17H,2,6,8-9H2,1H3;2-3,7,9,16H,4-6H2,1H3,(H,14,17);4-5,8-9,15H,2-3,6-7H2,1H3,(H,14,16);3-4,7,11H,5H2,1-2H3/b8-7+;2*4-3+;3-2+;5-4+;4-3+. The molecule has 4 aliphatic rings. The van der Waals surface area contributed by atoms with Gasteiger partial charge in [-0.15, -0.1) is 0 Å². The van der Waals surface area contributed by atoms with E-state index >= 15 is 0 Å². The van der Waals surface area contributed by atoms with E-state index in [-0.39, 0.29) is 49.6 Å². The molecule has 4 aliphatic heterocycles. The fraction of sp³-hybridized carbons (Fsp3) is 0.487. The van der Waals surface area contributed by atoms with Gasteiger partial charge in [0.05, 0.1) is 80.2 Å². The third-order valence-corrected chi connectivity index (χ3v) is 15.7. The first-order valence-corrected chi connectivity index (χ1v) is 38.8. The smallest absolute Gasteiger partial charge is 0.338 e. The van der Waals surface area contributed by atoms with Crippen molar-refractivity contribution in [1.82, 2.24) is 35.7 Å². The van der Waals surface area contributed by atoms with Gasteiger partial charge in [0.25, 0.3) is 5.91 Å². The molecule has 0 aromatic carbocycles. The van der Waals surface area contributed by atoms with Crippen molar-refractivity contribution in [2.24, 2.45) is 0 Å². The highest BCUT2D eigenvalue weighted by atomic mass is 16.6. The van der Waals surface area contributed by atoms with Crippen LogP contribution in [0, 0.1) is 0 Å². The molecule has 1 aromatic rings. The number of aliphatic hydroxyl groups excluding tert-OH is 6. The lowest BCUT2D eigenvalue weighted by molar-refractivity contribution is -0.161. The van der Waals surface area contributed by atoms with Crippen LogP contribution in [0.4, 0.5) is 0 Å². The number of imidazole rings is 1. The molecule has 52 nitrogen and oxygen atoms in total. The zero-order chi connectivity index (χ0) is 99.5. The molecule has 0 bridgehead atoms. The summed E-state index contributed by atoms with van der Waals surface area (Å²) < 4.78 is 78.7. The maximum atomic E-state index is 11.6. The van der Waals surface area contributed by atoms with E-state index in [1.54, 1.807) is 18.7 Å². The van der Waals surface area contributed by atoms with E-state index in [0.717, 1.165) is 141 Å². The minimum absolute atomic E-state index is 0.0577. The molecule has 0 aliphatic carbocycles. The Hall–Kier alpha value is -14.6. The van der Waals surface area contributed by atoms with Gasteiger partial charge >= 0.3 is 101 Å². The molecule has 5 rings (SSSR count). The average Bonchev–Trinajstić information content (AvgIpc) is 1.65. The van der Waals surface area contributed by atoms with E-state index in [9.17, 15) is 131 Å². The fourth-order valence-electron chi connectivity index (χ4n) is 8.69. The summed E-state index contributed by atoms with van der Waals surface area (Å²) in [5.74, 6) is -16.4. The summed E-state index contributed by atoms with van der Waals surface area (Å²) in [5.41, 5.74) is 0.112.